The van der Waals surface area contributed by atoms with Gasteiger partial charge < -0.3 is 10.4 Å². The summed E-state index contributed by atoms with van der Waals surface area (Å²) in [7, 11) is 0. The molecule has 0 radical (unpaired) electrons. The summed E-state index contributed by atoms with van der Waals surface area (Å²) in [5.74, 6) is -0.264. The van der Waals surface area contributed by atoms with E-state index >= 15 is 0 Å². The van der Waals surface area contributed by atoms with Crippen LogP contribution in [-0.4, -0.2) is 23.5 Å². The van der Waals surface area contributed by atoms with Gasteiger partial charge in [-0.05, 0) is 31.6 Å². The maximum atomic E-state index is 11.9. The van der Waals surface area contributed by atoms with Crippen molar-refractivity contribution in [2.75, 3.05) is 6.54 Å². The van der Waals surface area contributed by atoms with Gasteiger partial charge >= 0.3 is 5.97 Å². The van der Waals surface area contributed by atoms with Gasteiger partial charge in [-0.2, -0.15) is 0 Å². The summed E-state index contributed by atoms with van der Waals surface area (Å²) in [6.45, 7) is 6.02. The molecule has 4 nitrogen and oxygen atoms in total. The Morgan fingerprint density at radius 2 is 1.90 bits per heavy atom. The van der Waals surface area contributed by atoms with Crippen LogP contribution in [0.1, 0.15) is 65.7 Å². The molecule has 0 heterocycles. The minimum absolute atomic E-state index is 0.0590. The third-order valence-corrected chi connectivity index (χ3v) is 4.88. The van der Waals surface area contributed by atoms with Gasteiger partial charge in [-0.3, -0.25) is 9.59 Å². The normalized spacial score (nSPS) is 19.0. The van der Waals surface area contributed by atoms with E-state index in [0.717, 1.165) is 12.3 Å². The zero-order valence-electron chi connectivity index (χ0n) is 13.1. The van der Waals surface area contributed by atoms with Gasteiger partial charge in [0.25, 0.3) is 0 Å². The van der Waals surface area contributed by atoms with Gasteiger partial charge in [0.05, 0.1) is 5.41 Å². The first-order valence-electron chi connectivity index (χ1n) is 7.86. The fourth-order valence-electron chi connectivity index (χ4n) is 2.84. The van der Waals surface area contributed by atoms with Crippen LogP contribution in [0.15, 0.2) is 0 Å². The first-order chi connectivity index (χ1) is 9.36. The number of hydrogen-bond acceptors (Lipinski definition) is 2. The number of nitrogens with one attached hydrogen (secondary N) is 1. The fraction of sp³-hybridized carbons (Fsp3) is 0.875. The summed E-state index contributed by atoms with van der Waals surface area (Å²) in [4.78, 5) is 23.2. The number of aliphatic carboxylic acids is 1. The maximum absolute atomic E-state index is 11.9. The number of carboxylic acids is 1. The lowest BCUT2D eigenvalue weighted by molar-refractivity contribution is -0.153. The zero-order valence-corrected chi connectivity index (χ0v) is 13.1. The summed E-state index contributed by atoms with van der Waals surface area (Å²) in [6, 6.07) is 0. The van der Waals surface area contributed by atoms with E-state index in [1.165, 1.54) is 32.1 Å². The molecule has 116 valence electrons. The number of carbonyl (C=O) groups excluding carboxylic acids is 1. The summed E-state index contributed by atoms with van der Waals surface area (Å²) >= 11 is 0. The highest BCUT2D eigenvalue weighted by Gasteiger charge is 2.38. The van der Waals surface area contributed by atoms with Gasteiger partial charge in [0.2, 0.25) is 5.91 Å². The van der Waals surface area contributed by atoms with Gasteiger partial charge in [0.15, 0.2) is 0 Å². The van der Waals surface area contributed by atoms with Crippen molar-refractivity contribution in [2.24, 2.45) is 17.3 Å². The Balaban J connectivity index is 2.26. The average Bonchev–Trinajstić information content (AvgIpc) is 2.87. The minimum Gasteiger partial charge on any atom is -0.481 e. The first-order valence-corrected chi connectivity index (χ1v) is 7.86. The van der Waals surface area contributed by atoms with Gasteiger partial charge in [0.1, 0.15) is 0 Å². The van der Waals surface area contributed by atoms with Crippen LogP contribution in [0, 0.1) is 17.3 Å². The molecule has 1 aliphatic carbocycles. The molecule has 1 unspecified atom stereocenters. The molecule has 4 heteroatoms. The van der Waals surface area contributed by atoms with E-state index in [1.54, 1.807) is 6.92 Å². The molecule has 0 aromatic carbocycles. The van der Waals surface area contributed by atoms with E-state index in [2.05, 4.69) is 5.32 Å². The summed E-state index contributed by atoms with van der Waals surface area (Å²) < 4.78 is 0. The monoisotopic (exact) mass is 283 g/mol. The topological polar surface area (TPSA) is 66.4 Å². The Kier molecular flexibility index (Phi) is 6.50. The molecule has 0 aliphatic heterocycles. The Morgan fingerprint density at radius 3 is 2.40 bits per heavy atom. The molecule has 0 saturated heterocycles. The van der Waals surface area contributed by atoms with Crippen molar-refractivity contribution in [3.05, 3.63) is 0 Å². The van der Waals surface area contributed by atoms with E-state index in [9.17, 15) is 14.7 Å². The van der Waals surface area contributed by atoms with Crippen molar-refractivity contribution >= 4 is 11.9 Å². The van der Waals surface area contributed by atoms with Crippen molar-refractivity contribution in [3.8, 4) is 0 Å². The van der Waals surface area contributed by atoms with Crippen LogP contribution in [0.25, 0.3) is 0 Å². The third kappa shape index (κ3) is 4.80. The van der Waals surface area contributed by atoms with Crippen molar-refractivity contribution < 1.29 is 14.7 Å². The second-order valence-corrected chi connectivity index (χ2v) is 6.70. The molecule has 2 N–H and O–H groups in total. The Bertz CT molecular complexity index is 335. The second kappa shape index (κ2) is 7.65. The number of carbonyl (C=O) groups is 2. The summed E-state index contributed by atoms with van der Waals surface area (Å²) in [5.41, 5.74) is -0.977. The van der Waals surface area contributed by atoms with E-state index in [-0.39, 0.29) is 18.2 Å². The summed E-state index contributed by atoms with van der Waals surface area (Å²) in [5, 5.41) is 12.2. The highest BCUT2D eigenvalue weighted by molar-refractivity contribution is 5.84. The van der Waals surface area contributed by atoms with E-state index in [1.807, 2.05) is 13.8 Å². The second-order valence-electron chi connectivity index (χ2n) is 6.70. The molecule has 0 spiro atoms. The molecule has 1 fully saturated rings. The zero-order chi connectivity index (χ0) is 15.2. The van der Waals surface area contributed by atoms with Crippen LogP contribution in [0.2, 0.25) is 0 Å². The molecular weight excluding hydrogens is 254 g/mol. The number of rotatable bonds is 8. The van der Waals surface area contributed by atoms with Crippen LogP contribution < -0.4 is 5.32 Å². The molecule has 1 atom stereocenters. The number of hydrogen-bond donors (Lipinski definition) is 2. The smallest absolute Gasteiger partial charge is 0.310 e. The van der Waals surface area contributed by atoms with E-state index in [4.69, 9.17) is 0 Å². The summed E-state index contributed by atoms with van der Waals surface area (Å²) in [6.07, 6.45) is 7.60. The molecular formula is C16H29NO3. The Morgan fingerprint density at radius 1 is 1.30 bits per heavy atom. The van der Waals surface area contributed by atoms with Crippen LogP contribution in [0.3, 0.4) is 0 Å². The first kappa shape index (κ1) is 17.0. The van der Waals surface area contributed by atoms with Crippen molar-refractivity contribution in [2.45, 2.75) is 65.7 Å². The molecule has 20 heavy (non-hydrogen) atoms. The van der Waals surface area contributed by atoms with Crippen LogP contribution in [-0.2, 0) is 9.59 Å². The molecule has 0 bridgehead atoms. The van der Waals surface area contributed by atoms with Crippen molar-refractivity contribution in [1.29, 1.82) is 0 Å². The standard InChI is InChI=1S/C16H29NO3/c1-12(2)16(3,15(19)20)11-14(18)17-10-6-9-13-7-4-5-8-13/h12-13H,4-11H2,1-3H3,(H,17,18)(H,19,20). The van der Waals surface area contributed by atoms with Crippen LogP contribution in [0.4, 0.5) is 0 Å². The van der Waals surface area contributed by atoms with Crippen molar-refractivity contribution in [3.63, 3.8) is 0 Å². The molecule has 1 saturated carbocycles. The molecule has 0 aromatic rings. The largest absolute Gasteiger partial charge is 0.481 e. The fourth-order valence-corrected chi connectivity index (χ4v) is 2.84. The van der Waals surface area contributed by atoms with Crippen LogP contribution in [0.5, 0.6) is 0 Å². The SMILES string of the molecule is CC(C)C(C)(CC(=O)NCCCC1CCCC1)C(=O)O. The minimum atomic E-state index is -0.977. The van der Waals surface area contributed by atoms with Gasteiger partial charge in [-0.1, -0.05) is 39.5 Å². The predicted octanol–water partition coefficient (Wildman–Crippen LogP) is 3.21. The Hall–Kier alpha value is -1.06. The van der Waals surface area contributed by atoms with E-state index in [0.29, 0.717) is 6.54 Å². The lowest BCUT2D eigenvalue weighted by Gasteiger charge is -2.28. The average molecular weight is 283 g/mol. The lowest BCUT2D eigenvalue weighted by atomic mass is 9.76. The molecule has 1 aliphatic rings. The molecule has 0 aromatic heterocycles. The van der Waals surface area contributed by atoms with Gasteiger partial charge in [0, 0.05) is 13.0 Å². The molecule has 1 rings (SSSR count). The van der Waals surface area contributed by atoms with Gasteiger partial charge in [-0.15, -0.1) is 0 Å². The molecule has 1 amide bonds. The number of carboxylic acid groups (broad SMARTS) is 1. The predicted molar refractivity (Wildman–Crippen MR) is 79.4 cm³/mol. The van der Waals surface area contributed by atoms with E-state index < -0.39 is 11.4 Å². The lowest BCUT2D eigenvalue weighted by Crippen LogP contribution is -2.39. The number of amides is 1. The Labute approximate surface area is 122 Å². The van der Waals surface area contributed by atoms with Crippen molar-refractivity contribution in [1.82, 2.24) is 5.32 Å². The third-order valence-electron chi connectivity index (χ3n) is 4.88. The maximum Gasteiger partial charge on any atom is 0.310 e. The van der Waals surface area contributed by atoms with Crippen LogP contribution >= 0.6 is 0 Å². The quantitative estimate of drug-likeness (QED) is 0.672. The van der Waals surface area contributed by atoms with Gasteiger partial charge in [-0.25, -0.2) is 0 Å². The highest BCUT2D eigenvalue weighted by atomic mass is 16.4. The highest BCUT2D eigenvalue weighted by Crippen LogP contribution is 2.31.